The summed E-state index contributed by atoms with van der Waals surface area (Å²) in [5.74, 6) is -4.16. The summed E-state index contributed by atoms with van der Waals surface area (Å²) in [5.41, 5.74) is 1.17. The lowest BCUT2D eigenvalue weighted by Crippen LogP contribution is -2.59. The van der Waals surface area contributed by atoms with Crippen LogP contribution in [0.15, 0.2) is 54.6 Å². The summed E-state index contributed by atoms with van der Waals surface area (Å²) in [6.07, 6.45) is -3.35. The molecule has 2 fully saturated rings. The van der Waals surface area contributed by atoms with Gasteiger partial charge in [0.2, 0.25) is 0 Å². The smallest absolute Gasteiger partial charge is 0.325 e. The van der Waals surface area contributed by atoms with Crippen molar-refractivity contribution in [3.05, 3.63) is 77.2 Å². The summed E-state index contributed by atoms with van der Waals surface area (Å²) in [6, 6.07) is 13.4. The fraction of sp³-hybridized carbons (Fsp3) is 0.424. The predicted octanol–water partition coefficient (Wildman–Crippen LogP) is 4.99. The number of hydrogen-bond acceptors (Lipinski definition) is 5. The molecule has 4 amide bonds. The van der Waals surface area contributed by atoms with Crippen molar-refractivity contribution in [2.24, 2.45) is 5.92 Å². The molecule has 3 aliphatic rings. The first-order valence-electron chi connectivity index (χ1n) is 15.6. The van der Waals surface area contributed by atoms with E-state index >= 15 is 0 Å². The molecule has 3 aliphatic heterocycles. The van der Waals surface area contributed by atoms with E-state index in [1.54, 1.807) is 37.3 Å². The summed E-state index contributed by atoms with van der Waals surface area (Å²) >= 11 is 0. The SMILES string of the molecule is CCN1C(=O)C(NC(=O)N2CCCC(C(F)(F)F)C2)C(c2ccc(F)cc2)c2c(C(=O)N3CCCC3C#N)nn(-c3ccccc3)c21. The minimum Gasteiger partial charge on any atom is -0.325 e. The van der Waals surface area contributed by atoms with Gasteiger partial charge in [-0.05, 0) is 62.4 Å². The van der Waals surface area contributed by atoms with Crippen LogP contribution in [0.4, 0.5) is 28.2 Å². The molecular weight excluding hydrogens is 618 g/mol. The molecule has 4 atom stereocenters. The number of para-hydroxylation sites is 1. The molecule has 10 nitrogen and oxygen atoms in total. The molecule has 0 bridgehead atoms. The van der Waals surface area contributed by atoms with E-state index in [4.69, 9.17) is 5.10 Å². The molecule has 6 rings (SSSR count). The van der Waals surface area contributed by atoms with Crippen LogP contribution in [0.25, 0.3) is 5.69 Å². The van der Waals surface area contributed by atoms with Crippen LogP contribution in [0.2, 0.25) is 0 Å². The number of nitrogens with one attached hydrogen (secondary N) is 1. The molecule has 2 saturated heterocycles. The summed E-state index contributed by atoms with van der Waals surface area (Å²) in [5, 5.41) is 17.2. The largest absolute Gasteiger partial charge is 0.393 e. The number of nitrogens with zero attached hydrogens (tertiary/aromatic N) is 6. The number of fused-ring (bicyclic) bond motifs is 1. The van der Waals surface area contributed by atoms with Gasteiger partial charge in [-0.3, -0.25) is 14.5 Å². The Morgan fingerprint density at radius 3 is 2.40 bits per heavy atom. The fourth-order valence-corrected chi connectivity index (χ4v) is 6.87. The average molecular weight is 652 g/mol. The second-order valence-corrected chi connectivity index (χ2v) is 12.0. The lowest BCUT2D eigenvalue weighted by molar-refractivity contribution is -0.184. The summed E-state index contributed by atoms with van der Waals surface area (Å²) in [4.78, 5) is 46.2. The van der Waals surface area contributed by atoms with Crippen LogP contribution in [0, 0.1) is 23.1 Å². The highest BCUT2D eigenvalue weighted by molar-refractivity contribution is 6.06. The zero-order valence-electron chi connectivity index (χ0n) is 25.6. The quantitative estimate of drug-likeness (QED) is 0.391. The number of carbonyl (C=O) groups excluding carboxylic acids is 3. The van der Waals surface area contributed by atoms with E-state index in [1.165, 1.54) is 38.7 Å². The maximum atomic E-state index is 14.4. The number of alkyl halides is 3. The Hall–Kier alpha value is -4.93. The number of likely N-dealkylation sites (N-methyl/N-ethyl adjacent to an activating group) is 1. The third kappa shape index (κ3) is 5.90. The third-order valence-corrected chi connectivity index (χ3v) is 9.19. The lowest BCUT2D eigenvalue weighted by Gasteiger charge is -2.40. The number of nitriles is 1. The van der Waals surface area contributed by atoms with E-state index in [0.717, 1.165) is 4.90 Å². The van der Waals surface area contributed by atoms with Gasteiger partial charge in [-0.2, -0.15) is 23.5 Å². The van der Waals surface area contributed by atoms with Crippen molar-refractivity contribution in [3.63, 3.8) is 0 Å². The van der Waals surface area contributed by atoms with Crippen molar-refractivity contribution < 1.29 is 31.9 Å². The Morgan fingerprint density at radius 2 is 1.74 bits per heavy atom. The Bertz CT molecular complexity index is 1700. The molecular formula is C33H33F4N7O3. The Kier molecular flexibility index (Phi) is 8.65. The zero-order valence-corrected chi connectivity index (χ0v) is 25.6. The molecule has 0 aliphatic carbocycles. The van der Waals surface area contributed by atoms with Crippen molar-refractivity contribution in [2.75, 3.05) is 31.1 Å². The van der Waals surface area contributed by atoms with E-state index in [-0.39, 0.29) is 43.0 Å². The van der Waals surface area contributed by atoms with E-state index < -0.39 is 60.3 Å². The van der Waals surface area contributed by atoms with E-state index in [1.807, 2.05) is 0 Å². The van der Waals surface area contributed by atoms with Crippen molar-refractivity contribution in [1.29, 1.82) is 5.26 Å². The summed E-state index contributed by atoms with van der Waals surface area (Å²) in [6.45, 7) is 1.65. The lowest BCUT2D eigenvalue weighted by atomic mass is 9.80. The van der Waals surface area contributed by atoms with Crippen LogP contribution < -0.4 is 10.2 Å². The Morgan fingerprint density at radius 1 is 1.04 bits per heavy atom. The van der Waals surface area contributed by atoms with Gasteiger partial charge in [0.1, 0.15) is 23.7 Å². The standard InChI is InChI=1S/C33H33F4N7O3/c1-2-42-29-26(28(31(46)43-17-7-11-24(43)18-38)40-44(29)23-9-4-3-5-10-23)25(20-12-14-22(34)15-13-20)27(30(42)45)39-32(47)41-16-6-8-21(19-41)33(35,36)37/h3-5,9-10,12-15,21,24-25,27H,2,6-8,11,16-17,19H2,1H3,(H,39,47). The average Bonchev–Trinajstić information content (AvgIpc) is 3.71. The minimum atomic E-state index is -4.48. The number of urea groups is 1. The number of aromatic nitrogens is 2. The van der Waals surface area contributed by atoms with Crippen molar-refractivity contribution in [1.82, 2.24) is 24.9 Å². The molecule has 0 radical (unpaired) electrons. The van der Waals surface area contributed by atoms with E-state index in [2.05, 4.69) is 11.4 Å². The molecule has 4 heterocycles. The number of benzene rings is 2. The molecule has 0 saturated carbocycles. The highest BCUT2D eigenvalue weighted by Crippen LogP contribution is 2.44. The molecule has 47 heavy (non-hydrogen) atoms. The topological polar surface area (TPSA) is 115 Å². The molecule has 246 valence electrons. The number of piperidine rings is 1. The minimum absolute atomic E-state index is 0.0411. The number of rotatable bonds is 5. The van der Waals surface area contributed by atoms with Gasteiger partial charge in [0, 0.05) is 37.7 Å². The van der Waals surface area contributed by atoms with Gasteiger partial charge in [0.05, 0.1) is 17.7 Å². The van der Waals surface area contributed by atoms with Gasteiger partial charge >= 0.3 is 12.2 Å². The van der Waals surface area contributed by atoms with Crippen LogP contribution >= 0.6 is 0 Å². The number of halogens is 4. The zero-order chi connectivity index (χ0) is 33.5. The Balaban J connectivity index is 1.52. The molecule has 3 aromatic rings. The maximum absolute atomic E-state index is 14.4. The molecule has 1 N–H and O–H groups in total. The van der Waals surface area contributed by atoms with Gasteiger partial charge in [-0.1, -0.05) is 30.3 Å². The first kappa shape index (κ1) is 32.0. The van der Waals surface area contributed by atoms with Gasteiger partial charge < -0.3 is 15.1 Å². The van der Waals surface area contributed by atoms with Gasteiger partial charge in [-0.15, -0.1) is 0 Å². The molecule has 4 unspecified atom stereocenters. The first-order valence-corrected chi connectivity index (χ1v) is 15.6. The first-order chi connectivity index (χ1) is 22.5. The number of amides is 4. The van der Waals surface area contributed by atoms with Crippen LogP contribution in [0.3, 0.4) is 0 Å². The van der Waals surface area contributed by atoms with Crippen LogP contribution in [-0.2, 0) is 4.79 Å². The van der Waals surface area contributed by atoms with Crippen molar-refractivity contribution >= 4 is 23.7 Å². The highest BCUT2D eigenvalue weighted by atomic mass is 19.4. The molecule has 1 aromatic heterocycles. The van der Waals surface area contributed by atoms with Crippen molar-refractivity contribution in [3.8, 4) is 11.8 Å². The fourth-order valence-electron chi connectivity index (χ4n) is 6.87. The number of hydrogen-bond donors (Lipinski definition) is 1. The summed E-state index contributed by atoms with van der Waals surface area (Å²) < 4.78 is 56.5. The monoisotopic (exact) mass is 651 g/mol. The molecule has 14 heteroatoms. The number of likely N-dealkylation sites (tertiary alicyclic amines) is 2. The number of anilines is 1. The second kappa shape index (κ2) is 12.7. The van der Waals surface area contributed by atoms with E-state index in [0.29, 0.717) is 30.6 Å². The van der Waals surface area contributed by atoms with Gasteiger partial charge in [0.15, 0.2) is 5.69 Å². The second-order valence-electron chi connectivity index (χ2n) is 12.0. The van der Waals surface area contributed by atoms with Crippen LogP contribution in [0.1, 0.15) is 60.1 Å². The Labute approximate surface area is 268 Å². The molecule has 0 spiro atoms. The van der Waals surface area contributed by atoms with Gasteiger partial charge in [0.25, 0.3) is 11.8 Å². The predicted molar refractivity (Wildman–Crippen MR) is 162 cm³/mol. The van der Waals surface area contributed by atoms with Crippen molar-refractivity contribution in [2.45, 2.75) is 56.8 Å². The van der Waals surface area contributed by atoms with Gasteiger partial charge in [-0.25, -0.2) is 13.9 Å². The summed E-state index contributed by atoms with van der Waals surface area (Å²) in [7, 11) is 0. The molecule has 2 aromatic carbocycles. The van der Waals surface area contributed by atoms with Crippen LogP contribution in [-0.4, -0.2) is 81.9 Å². The van der Waals surface area contributed by atoms with E-state index in [9.17, 15) is 37.2 Å². The van der Waals surface area contributed by atoms with Crippen LogP contribution in [0.5, 0.6) is 0 Å². The normalized spacial score (nSPS) is 23.0. The maximum Gasteiger partial charge on any atom is 0.393 e. The number of carbonyl (C=O) groups is 3. The highest BCUT2D eigenvalue weighted by Gasteiger charge is 2.49. The third-order valence-electron chi connectivity index (χ3n) is 9.19.